The number of nitrogens with two attached hydrogens (primary N) is 1. The molecule has 0 aliphatic rings. The predicted molar refractivity (Wildman–Crippen MR) is 66.0 cm³/mol. The van der Waals surface area contributed by atoms with E-state index in [9.17, 15) is 0 Å². The van der Waals surface area contributed by atoms with Crippen molar-refractivity contribution in [2.75, 3.05) is 18.4 Å². The van der Waals surface area contributed by atoms with Crippen molar-refractivity contribution in [3.05, 3.63) is 22.7 Å². The summed E-state index contributed by atoms with van der Waals surface area (Å²) in [5.41, 5.74) is 6.55. The first-order chi connectivity index (χ1) is 7.24. The van der Waals surface area contributed by atoms with Crippen LogP contribution in [0.25, 0.3) is 10.9 Å². The van der Waals surface area contributed by atoms with Crippen molar-refractivity contribution in [2.24, 2.45) is 12.8 Å². The number of anilines is 1. The van der Waals surface area contributed by atoms with E-state index >= 15 is 0 Å². The minimum Gasteiger partial charge on any atom is -0.367 e. The number of para-hydroxylation sites is 1. The summed E-state index contributed by atoms with van der Waals surface area (Å²) < 4.78 is 2.91. The van der Waals surface area contributed by atoms with Gasteiger partial charge >= 0.3 is 0 Å². The van der Waals surface area contributed by atoms with E-state index < -0.39 is 0 Å². The number of fused-ring (bicyclic) bond motifs is 1. The van der Waals surface area contributed by atoms with E-state index in [2.05, 4.69) is 26.3 Å². The first-order valence-electron chi connectivity index (χ1n) is 4.79. The van der Waals surface area contributed by atoms with Crippen LogP contribution in [0.4, 0.5) is 5.82 Å². The maximum atomic E-state index is 5.45. The predicted octanol–water partition coefficient (Wildman–Crippen LogP) is 1.71. The van der Waals surface area contributed by atoms with E-state index in [1.165, 1.54) is 0 Å². The quantitative estimate of drug-likeness (QED) is 0.891. The molecule has 15 heavy (non-hydrogen) atoms. The summed E-state index contributed by atoms with van der Waals surface area (Å²) in [5.74, 6) is 0.888. The lowest BCUT2D eigenvalue weighted by Crippen LogP contribution is -2.13. The Morgan fingerprint density at radius 1 is 1.53 bits per heavy atom. The third-order valence-corrected chi connectivity index (χ3v) is 2.89. The molecule has 0 aliphatic carbocycles. The number of nitrogens with zero attached hydrogens (tertiary/aromatic N) is 2. The van der Waals surface area contributed by atoms with Crippen molar-refractivity contribution in [3.8, 4) is 0 Å². The van der Waals surface area contributed by atoms with Gasteiger partial charge in [0.2, 0.25) is 0 Å². The summed E-state index contributed by atoms with van der Waals surface area (Å²) in [7, 11) is 1.93. The minimum absolute atomic E-state index is 0.603. The molecule has 0 saturated heterocycles. The van der Waals surface area contributed by atoms with Crippen LogP contribution in [0.15, 0.2) is 22.7 Å². The van der Waals surface area contributed by atoms with Gasteiger partial charge in [-0.2, -0.15) is 5.10 Å². The Bertz CT molecular complexity index is 477. The van der Waals surface area contributed by atoms with Crippen LogP contribution in [0.2, 0.25) is 0 Å². The van der Waals surface area contributed by atoms with E-state index in [0.717, 1.165) is 27.7 Å². The second-order valence-corrected chi connectivity index (χ2v) is 4.18. The zero-order chi connectivity index (χ0) is 10.8. The molecule has 0 unspecified atom stereocenters. The lowest BCUT2D eigenvalue weighted by atomic mass is 10.2. The van der Waals surface area contributed by atoms with Crippen molar-refractivity contribution in [3.63, 3.8) is 0 Å². The molecule has 0 spiro atoms. The Morgan fingerprint density at radius 2 is 2.33 bits per heavy atom. The highest BCUT2D eigenvalue weighted by atomic mass is 79.9. The van der Waals surface area contributed by atoms with Crippen LogP contribution in [-0.4, -0.2) is 22.9 Å². The zero-order valence-corrected chi connectivity index (χ0v) is 10.1. The maximum Gasteiger partial charge on any atom is 0.156 e. The molecule has 1 aromatic heterocycles. The maximum absolute atomic E-state index is 5.45. The lowest BCUT2D eigenvalue weighted by Gasteiger charge is -1.99. The Hall–Kier alpha value is -1.07. The highest BCUT2D eigenvalue weighted by Crippen LogP contribution is 2.28. The van der Waals surface area contributed by atoms with Crippen LogP contribution in [-0.2, 0) is 7.05 Å². The highest BCUT2D eigenvalue weighted by molar-refractivity contribution is 9.10. The number of halogens is 1. The van der Waals surface area contributed by atoms with Crippen LogP contribution in [0.5, 0.6) is 0 Å². The van der Waals surface area contributed by atoms with Gasteiger partial charge in [-0.1, -0.05) is 6.07 Å². The average molecular weight is 269 g/mol. The molecule has 0 atom stereocenters. The van der Waals surface area contributed by atoms with E-state index in [4.69, 9.17) is 5.73 Å². The molecule has 3 N–H and O–H groups in total. The van der Waals surface area contributed by atoms with Crippen molar-refractivity contribution in [1.82, 2.24) is 9.78 Å². The molecule has 5 heteroatoms. The number of benzene rings is 1. The van der Waals surface area contributed by atoms with Gasteiger partial charge in [0.15, 0.2) is 5.82 Å². The van der Waals surface area contributed by atoms with Gasteiger partial charge in [0.05, 0.1) is 5.52 Å². The normalized spacial score (nSPS) is 10.9. The van der Waals surface area contributed by atoms with Gasteiger partial charge in [-0.05, 0) is 28.1 Å². The number of rotatable bonds is 3. The largest absolute Gasteiger partial charge is 0.367 e. The number of nitrogens with one attached hydrogen (secondary N) is 1. The summed E-state index contributed by atoms with van der Waals surface area (Å²) in [6.45, 7) is 1.34. The second-order valence-electron chi connectivity index (χ2n) is 3.32. The lowest BCUT2D eigenvalue weighted by molar-refractivity contribution is 0.795. The molecule has 80 valence electrons. The number of hydrogen-bond donors (Lipinski definition) is 2. The number of aromatic nitrogens is 2. The molecule has 0 aliphatic heterocycles. The summed E-state index contributed by atoms with van der Waals surface area (Å²) in [4.78, 5) is 0. The van der Waals surface area contributed by atoms with E-state index in [1.807, 2.05) is 29.9 Å². The topological polar surface area (TPSA) is 55.9 Å². The van der Waals surface area contributed by atoms with Gasteiger partial charge in [-0.25, -0.2) is 0 Å². The van der Waals surface area contributed by atoms with E-state index in [-0.39, 0.29) is 0 Å². The van der Waals surface area contributed by atoms with Crippen LogP contribution >= 0.6 is 15.9 Å². The van der Waals surface area contributed by atoms with E-state index in [1.54, 1.807) is 0 Å². The van der Waals surface area contributed by atoms with Crippen LogP contribution in [0, 0.1) is 0 Å². The Balaban J connectivity index is 2.53. The van der Waals surface area contributed by atoms with Crippen LogP contribution in [0.3, 0.4) is 0 Å². The summed E-state index contributed by atoms with van der Waals surface area (Å²) in [6.07, 6.45) is 0. The third kappa shape index (κ3) is 1.85. The molecule has 0 fully saturated rings. The van der Waals surface area contributed by atoms with E-state index in [0.29, 0.717) is 6.54 Å². The Morgan fingerprint density at radius 3 is 3.07 bits per heavy atom. The smallest absolute Gasteiger partial charge is 0.156 e. The van der Waals surface area contributed by atoms with Crippen molar-refractivity contribution >= 4 is 32.7 Å². The molecule has 1 aromatic carbocycles. The van der Waals surface area contributed by atoms with Gasteiger partial charge in [-0.15, -0.1) is 0 Å². The van der Waals surface area contributed by atoms with Crippen molar-refractivity contribution in [2.45, 2.75) is 0 Å². The standard InChI is InChI=1S/C10H13BrN4/c1-15-9-7(3-2-4-8(9)11)10(14-15)13-6-5-12/h2-4H,5-6,12H2,1H3,(H,13,14). The third-order valence-electron chi connectivity index (χ3n) is 2.25. The molecule has 0 saturated carbocycles. The van der Waals surface area contributed by atoms with Crippen LogP contribution in [0.1, 0.15) is 0 Å². The summed E-state index contributed by atoms with van der Waals surface area (Å²) in [6, 6.07) is 6.06. The average Bonchev–Trinajstić information content (AvgIpc) is 2.54. The number of aryl methyl sites for hydroxylation is 1. The van der Waals surface area contributed by atoms with Crippen LogP contribution < -0.4 is 11.1 Å². The van der Waals surface area contributed by atoms with Crippen molar-refractivity contribution < 1.29 is 0 Å². The van der Waals surface area contributed by atoms with Gasteiger partial charge in [0, 0.05) is 30.0 Å². The van der Waals surface area contributed by atoms with Gasteiger partial charge in [-0.3, -0.25) is 4.68 Å². The first-order valence-corrected chi connectivity index (χ1v) is 5.58. The molecule has 2 aromatic rings. The van der Waals surface area contributed by atoms with Gasteiger partial charge < -0.3 is 11.1 Å². The summed E-state index contributed by atoms with van der Waals surface area (Å²) >= 11 is 3.52. The highest BCUT2D eigenvalue weighted by Gasteiger charge is 2.09. The molecular formula is C10H13BrN4. The molecule has 0 bridgehead atoms. The molecule has 4 nitrogen and oxygen atoms in total. The fourth-order valence-electron chi connectivity index (χ4n) is 1.61. The molecule has 1 heterocycles. The van der Waals surface area contributed by atoms with Crippen molar-refractivity contribution in [1.29, 1.82) is 0 Å². The number of hydrogen-bond acceptors (Lipinski definition) is 3. The molecule has 2 rings (SSSR count). The fraction of sp³-hybridized carbons (Fsp3) is 0.300. The molecule has 0 radical (unpaired) electrons. The fourth-order valence-corrected chi connectivity index (χ4v) is 2.23. The minimum atomic E-state index is 0.603. The molecular weight excluding hydrogens is 256 g/mol. The molecule has 0 amide bonds. The second kappa shape index (κ2) is 4.20. The SMILES string of the molecule is Cn1nc(NCCN)c2cccc(Br)c21. The Labute approximate surface area is 96.6 Å². The summed E-state index contributed by atoms with van der Waals surface area (Å²) in [5, 5.41) is 8.73. The Kier molecular flexibility index (Phi) is 2.93. The zero-order valence-electron chi connectivity index (χ0n) is 8.50. The monoisotopic (exact) mass is 268 g/mol. The first kappa shape index (κ1) is 10.4. The van der Waals surface area contributed by atoms with Gasteiger partial charge in [0.1, 0.15) is 0 Å². The van der Waals surface area contributed by atoms with Gasteiger partial charge in [0.25, 0.3) is 0 Å².